The molecule has 0 saturated carbocycles. The Kier molecular flexibility index (Phi) is 5.99. The Morgan fingerprint density at radius 1 is 0.469 bits per heavy atom. The first-order chi connectivity index (χ1) is 15.1. The Morgan fingerprint density at radius 3 is 1.12 bits per heavy atom. The average Bonchev–Trinajstić information content (AvgIpc) is 2.74. The molecule has 0 spiro atoms. The van der Waals surface area contributed by atoms with E-state index in [0.717, 1.165) is 12.8 Å². The highest BCUT2D eigenvalue weighted by molar-refractivity contribution is 5.91. The molecule has 4 aromatic carbocycles. The van der Waals surface area contributed by atoms with Crippen molar-refractivity contribution >= 4 is 10.8 Å². The Hall–Kier alpha value is -2.86. The van der Waals surface area contributed by atoms with Crippen molar-refractivity contribution in [2.24, 2.45) is 0 Å². The van der Waals surface area contributed by atoms with Gasteiger partial charge in [0.25, 0.3) is 0 Å². The summed E-state index contributed by atoms with van der Waals surface area (Å²) in [5, 5.41) is 2.81. The van der Waals surface area contributed by atoms with E-state index in [1.807, 2.05) is 0 Å². The van der Waals surface area contributed by atoms with Crippen LogP contribution in [0.5, 0.6) is 0 Å². The number of benzene rings is 4. The lowest BCUT2D eigenvalue weighted by Crippen LogP contribution is -2.14. The third-order valence-electron chi connectivity index (χ3n) is 6.45. The molecule has 0 bridgehead atoms. The molecule has 0 aliphatic heterocycles. The van der Waals surface area contributed by atoms with Crippen LogP contribution in [0.2, 0.25) is 0 Å². The molecule has 0 aliphatic carbocycles. The summed E-state index contributed by atoms with van der Waals surface area (Å²) in [7, 11) is 0. The first-order valence-electron chi connectivity index (χ1n) is 11.8. The first-order valence-corrected chi connectivity index (χ1v) is 11.8. The summed E-state index contributed by atoms with van der Waals surface area (Å²) in [5.74, 6) is 0. The lowest BCUT2D eigenvalue weighted by Gasteiger charge is -2.26. The minimum Gasteiger partial charge on any atom is -0.0622 e. The van der Waals surface area contributed by atoms with E-state index in [1.54, 1.807) is 0 Å². The molecular formula is C32H36. The van der Waals surface area contributed by atoms with Crippen molar-refractivity contribution in [3.05, 3.63) is 118 Å². The van der Waals surface area contributed by atoms with Crippen molar-refractivity contribution in [3.8, 4) is 0 Å². The van der Waals surface area contributed by atoms with Gasteiger partial charge in [0.05, 0.1) is 0 Å². The highest BCUT2D eigenvalue weighted by Crippen LogP contribution is 2.36. The zero-order chi connectivity index (χ0) is 22.9. The third-order valence-corrected chi connectivity index (χ3v) is 6.45. The van der Waals surface area contributed by atoms with E-state index in [2.05, 4.69) is 126 Å². The molecule has 0 aromatic heterocycles. The maximum Gasteiger partial charge on any atom is -0.00195 e. The van der Waals surface area contributed by atoms with Crippen molar-refractivity contribution in [3.63, 3.8) is 0 Å². The van der Waals surface area contributed by atoms with Crippen LogP contribution in [-0.2, 0) is 23.7 Å². The summed E-state index contributed by atoms with van der Waals surface area (Å²) in [4.78, 5) is 0. The van der Waals surface area contributed by atoms with Gasteiger partial charge in [-0.2, -0.15) is 0 Å². The quantitative estimate of drug-likeness (QED) is 0.310. The van der Waals surface area contributed by atoms with E-state index >= 15 is 0 Å². The van der Waals surface area contributed by atoms with E-state index in [9.17, 15) is 0 Å². The normalized spacial score (nSPS) is 12.3. The monoisotopic (exact) mass is 420 g/mol. The maximum absolute atomic E-state index is 2.45. The molecule has 0 aliphatic rings. The Balaban J connectivity index is 1.99. The van der Waals surface area contributed by atoms with Crippen molar-refractivity contribution in [1.29, 1.82) is 0 Å². The summed E-state index contributed by atoms with van der Waals surface area (Å²) >= 11 is 0. The SMILES string of the molecule is CC(C)(C)c1cc(Cc2ccccc2)c2cc(C(C)(C)C)cc(Cc3ccccc3)c2c1. The number of hydrogen-bond acceptors (Lipinski definition) is 0. The molecule has 0 saturated heterocycles. The fourth-order valence-corrected chi connectivity index (χ4v) is 4.40. The van der Waals surface area contributed by atoms with Crippen molar-refractivity contribution in [1.82, 2.24) is 0 Å². The zero-order valence-electron chi connectivity index (χ0n) is 20.5. The van der Waals surface area contributed by atoms with Crippen LogP contribution in [-0.4, -0.2) is 0 Å². The predicted molar refractivity (Wildman–Crippen MR) is 140 cm³/mol. The van der Waals surface area contributed by atoms with Gasteiger partial charge in [-0.15, -0.1) is 0 Å². The summed E-state index contributed by atoms with van der Waals surface area (Å²) in [5.41, 5.74) is 8.62. The topological polar surface area (TPSA) is 0 Å². The van der Waals surface area contributed by atoms with E-state index in [1.165, 1.54) is 44.2 Å². The third kappa shape index (κ3) is 4.96. The minimum absolute atomic E-state index is 0.104. The van der Waals surface area contributed by atoms with Crippen molar-refractivity contribution < 1.29 is 0 Å². The molecule has 0 amide bonds. The Labute approximate surface area is 194 Å². The number of rotatable bonds is 4. The molecule has 0 radical (unpaired) electrons. The minimum atomic E-state index is 0.104. The van der Waals surface area contributed by atoms with Crippen LogP contribution in [0.15, 0.2) is 84.9 Å². The van der Waals surface area contributed by atoms with Gasteiger partial charge in [-0.25, -0.2) is 0 Å². The van der Waals surface area contributed by atoms with Gasteiger partial charge >= 0.3 is 0 Å². The van der Waals surface area contributed by atoms with Crippen LogP contribution in [0, 0.1) is 0 Å². The molecule has 32 heavy (non-hydrogen) atoms. The van der Waals surface area contributed by atoms with E-state index in [-0.39, 0.29) is 10.8 Å². The molecule has 0 atom stereocenters. The van der Waals surface area contributed by atoms with Gasteiger partial charge in [0.1, 0.15) is 0 Å². The second-order valence-corrected chi connectivity index (χ2v) is 11.2. The fraction of sp³-hybridized carbons (Fsp3) is 0.312. The Morgan fingerprint density at radius 2 is 0.812 bits per heavy atom. The first kappa shape index (κ1) is 22.3. The van der Waals surface area contributed by atoms with Gasteiger partial charge < -0.3 is 0 Å². The molecule has 0 heteroatoms. The molecular weight excluding hydrogens is 384 g/mol. The van der Waals surface area contributed by atoms with Crippen LogP contribution < -0.4 is 0 Å². The molecule has 0 nitrogen and oxygen atoms in total. The van der Waals surface area contributed by atoms with Gasteiger partial charge in [0.2, 0.25) is 0 Å². The van der Waals surface area contributed by atoms with E-state index < -0.39 is 0 Å². The number of fused-ring (bicyclic) bond motifs is 1. The predicted octanol–water partition coefficient (Wildman–Crippen LogP) is 8.62. The van der Waals surface area contributed by atoms with Crippen LogP contribution in [0.25, 0.3) is 10.8 Å². The smallest absolute Gasteiger partial charge is 0.00195 e. The van der Waals surface area contributed by atoms with Gasteiger partial charge in [-0.3, -0.25) is 0 Å². The number of hydrogen-bond donors (Lipinski definition) is 0. The van der Waals surface area contributed by atoms with E-state index in [0.29, 0.717) is 0 Å². The van der Waals surface area contributed by atoms with Gasteiger partial charge in [-0.1, -0.05) is 126 Å². The molecule has 0 fully saturated rings. The molecule has 4 rings (SSSR count). The average molecular weight is 421 g/mol. The molecule has 4 aromatic rings. The van der Waals surface area contributed by atoms with Gasteiger partial charge in [-0.05, 0) is 67.8 Å². The van der Waals surface area contributed by atoms with Gasteiger partial charge in [0.15, 0.2) is 0 Å². The van der Waals surface area contributed by atoms with E-state index in [4.69, 9.17) is 0 Å². The molecule has 0 heterocycles. The zero-order valence-corrected chi connectivity index (χ0v) is 20.5. The van der Waals surface area contributed by atoms with Crippen LogP contribution in [0.3, 0.4) is 0 Å². The lowest BCUT2D eigenvalue weighted by atomic mass is 9.79. The summed E-state index contributed by atoms with van der Waals surface area (Å²) in [6.45, 7) is 13.9. The Bertz CT molecular complexity index is 1100. The molecule has 0 unspecified atom stereocenters. The summed E-state index contributed by atoms with van der Waals surface area (Å²) < 4.78 is 0. The highest BCUT2D eigenvalue weighted by atomic mass is 14.3. The maximum atomic E-state index is 2.45. The van der Waals surface area contributed by atoms with Gasteiger partial charge in [0, 0.05) is 0 Å². The van der Waals surface area contributed by atoms with Crippen LogP contribution in [0.1, 0.15) is 74.9 Å². The summed E-state index contributed by atoms with van der Waals surface area (Å²) in [6.07, 6.45) is 1.92. The van der Waals surface area contributed by atoms with Crippen molar-refractivity contribution in [2.45, 2.75) is 65.2 Å². The van der Waals surface area contributed by atoms with Crippen LogP contribution in [0.4, 0.5) is 0 Å². The van der Waals surface area contributed by atoms with Crippen LogP contribution >= 0.6 is 0 Å². The second-order valence-electron chi connectivity index (χ2n) is 11.2. The fourth-order valence-electron chi connectivity index (χ4n) is 4.40. The lowest BCUT2D eigenvalue weighted by molar-refractivity contribution is 0.588. The standard InChI is InChI=1S/C32H36/c1-31(2,3)27-19-25(17-23-13-9-7-10-14-23)30-22-28(32(4,5)6)20-26(29(30)21-27)18-24-15-11-8-12-16-24/h7-16,19-22H,17-18H2,1-6H3. The highest BCUT2D eigenvalue weighted by Gasteiger charge is 2.21. The molecule has 164 valence electrons. The summed E-state index contributed by atoms with van der Waals surface area (Å²) in [6, 6.07) is 31.6. The second kappa shape index (κ2) is 8.58. The van der Waals surface area contributed by atoms with Crippen molar-refractivity contribution in [2.75, 3.05) is 0 Å². The largest absolute Gasteiger partial charge is 0.0622 e. The molecule has 0 N–H and O–H groups in total.